The third-order valence-corrected chi connectivity index (χ3v) is 4.71. The number of nitrogens with zero attached hydrogens (tertiary/aromatic N) is 3. The molecule has 0 amide bonds. The summed E-state index contributed by atoms with van der Waals surface area (Å²) in [5, 5.41) is 4.96. The Hall–Kier alpha value is -2.20. The molecule has 4 nitrogen and oxygen atoms in total. The first kappa shape index (κ1) is 18.6. The van der Waals surface area contributed by atoms with Gasteiger partial charge in [0.15, 0.2) is 0 Å². The van der Waals surface area contributed by atoms with E-state index in [9.17, 15) is 0 Å². The molecular weight excluding hydrogens is 344 g/mol. The van der Waals surface area contributed by atoms with Gasteiger partial charge < -0.3 is 5.32 Å². The lowest BCUT2D eigenvalue weighted by Gasteiger charge is -2.12. The van der Waals surface area contributed by atoms with Gasteiger partial charge in [-0.3, -0.25) is 0 Å². The van der Waals surface area contributed by atoms with Gasteiger partial charge in [0.05, 0.1) is 5.52 Å². The molecule has 0 aliphatic carbocycles. The van der Waals surface area contributed by atoms with Gasteiger partial charge >= 0.3 is 0 Å². The second-order valence-electron chi connectivity index (χ2n) is 7.29. The SMILES string of the molecule is CC(C)CCNc1ncnc2ccc(-c3ccc(C(C)C)nc3Cl)cc12. The number of fused-ring (bicyclic) bond motifs is 1. The number of pyridine rings is 1. The highest BCUT2D eigenvalue weighted by atomic mass is 35.5. The van der Waals surface area contributed by atoms with Gasteiger partial charge in [0.25, 0.3) is 0 Å². The van der Waals surface area contributed by atoms with E-state index < -0.39 is 0 Å². The Morgan fingerprint density at radius 3 is 2.54 bits per heavy atom. The fourth-order valence-corrected chi connectivity index (χ4v) is 3.10. The van der Waals surface area contributed by atoms with Crippen LogP contribution in [0.25, 0.3) is 22.0 Å². The molecule has 3 rings (SSSR count). The van der Waals surface area contributed by atoms with Crippen molar-refractivity contribution in [3.05, 3.63) is 47.5 Å². The van der Waals surface area contributed by atoms with Crippen molar-refractivity contribution >= 4 is 28.3 Å². The average Bonchev–Trinajstić information content (AvgIpc) is 2.61. The summed E-state index contributed by atoms with van der Waals surface area (Å²) in [5.41, 5.74) is 3.86. The maximum absolute atomic E-state index is 6.46. The minimum absolute atomic E-state index is 0.350. The van der Waals surface area contributed by atoms with E-state index in [0.717, 1.165) is 46.5 Å². The molecule has 0 radical (unpaired) electrons. The summed E-state index contributed by atoms with van der Waals surface area (Å²) in [7, 11) is 0. The third-order valence-electron chi connectivity index (χ3n) is 4.42. The van der Waals surface area contributed by atoms with Crippen molar-refractivity contribution < 1.29 is 0 Å². The quantitative estimate of drug-likeness (QED) is 0.548. The third kappa shape index (κ3) is 4.13. The molecule has 2 aromatic heterocycles. The Labute approximate surface area is 160 Å². The molecule has 0 fully saturated rings. The molecule has 1 N–H and O–H groups in total. The van der Waals surface area contributed by atoms with Crippen molar-refractivity contribution in [2.45, 2.75) is 40.0 Å². The molecule has 2 heterocycles. The number of anilines is 1. The van der Waals surface area contributed by atoms with Crippen molar-refractivity contribution in [1.29, 1.82) is 0 Å². The highest BCUT2D eigenvalue weighted by Gasteiger charge is 2.11. The molecule has 0 atom stereocenters. The van der Waals surface area contributed by atoms with Gasteiger partial charge in [-0.2, -0.15) is 0 Å². The Bertz CT molecular complexity index is 906. The molecule has 0 saturated carbocycles. The van der Waals surface area contributed by atoms with Gasteiger partial charge in [-0.1, -0.05) is 45.4 Å². The minimum atomic E-state index is 0.350. The van der Waals surface area contributed by atoms with E-state index in [0.29, 0.717) is 17.0 Å². The Morgan fingerprint density at radius 2 is 1.85 bits per heavy atom. The molecule has 0 saturated heterocycles. The maximum atomic E-state index is 6.46. The number of nitrogens with one attached hydrogen (secondary N) is 1. The number of hydrogen-bond donors (Lipinski definition) is 1. The van der Waals surface area contributed by atoms with Gasteiger partial charge in [0, 0.05) is 23.2 Å². The highest BCUT2D eigenvalue weighted by molar-refractivity contribution is 6.32. The van der Waals surface area contributed by atoms with Crippen LogP contribution in [0.5, 0.6) is 0 Å². The van der Waals surface area contributed by atoms with Crippen LogP contribution in [0.3, 0.4) is 0 Å². The van der Waals surface area contributed by atoms with Crippen LogP contribution >= 0.6 is 11.6 Å². The summed E-state index contributed by atoms with van der Waals surface area (Å²) >= 11 is 6.46. The van der Waals surface area contributed by atoms with Crippen LogP contribution in [0.4, 0.5) is 5.82 Å². The van der Waals surface area contributed by atoms with Crippen LogP contribution in [0.15, 0.2) is 36.7 Å². The Morgan fingerprint density at radius 1 is 1.04 bits per heavy atom. The van der Waals surface area contributed by atoms with E-state index in [1.54, 1.807) is 6.33 Å². The fourth-order valence-electron chi connectivity index (χ4n) is 2.83. The molecular formula is C21H25ClN4. The predicted molar refractivity (Wildman–Crippen MR) is 110 cm³/mol. The summed E-state index contributed by atoms with van der Waals surface area (Å²) in [6.45, 7) is 9.54. The lowest BCUT2D eigenvalue weighted by Crippen LogP contribution is -2.06. The van der Waals surface area contributed by atoms with Crippen molar-refractivity contribution in [3.63, 3.8) is 0 Å². The van der Waals surface area contributed by atoms with Crippen molar-refractivity contribution in [2.24, 2.45) is 5.92 Å². The van der Waals surface area contributed by atoms with E-state index in [4.69, 9.17) is 11.6 Å². The number of aromatic nitrogens is 3. The standard InChI is InChI=1S/C21H25ClN4/c1-13(2)9-10-23-21-17-11-15(5-7-19(17)24-12-25-21)16-6-8-18(14(3)4)26-20(16)22/h5-8,11-14H,9-10H2,1-4H3,(H,23,24,25). The number of halogens is 1. The first-order valence-electron chi connectivity index (χ1n) is 9.11. The molecule has 0 aliphatic heterocycles. The summed E-state index contributed by atoms with van der Waals surface area (Å²) in [6.07, 6.45) is 2.70. The van der Waals surface area contributed by atoms with Crippen molar-refractivity contribution in [2.75, 3.05) is 11.9 Å². The molecule has 1 aromatic carbocycles. The molecule has 0 bridgehead atoms. The van der Waals surface area contributed by atoms with Gasteiger partial charge in [0.2, 0.25) is 0 Å². The molecule has 3 aromatic rings. The van der Waals surface area contributed by atoms with Gasteiger partial charge in [-0.05, 0) is 48.1 Å². The summed E-state index contributed by atoms with van der Waals surface area (Å²) < 4.78 is 0. The van der Waals surface area contributed by atoms with Crippen LogP contribution in [0, 0.1) is 5.92 Å². The van der Waals surface area contributed by atoms with Crippen LogP contribution in [0.1, 0.15) is 45.7 Å². The van der Waals surface area contributed by atoms with Crippen molar-refractivity contribution in [3.8, 4) is 11.1 Å². The Kier molecular flexibility index (Phi) is 5.72. The second kappa shape index (κ2) is 8.00. The molecule has 5 heteroatoms. The fraction of sp³-hybridized carbons (Fsp3) is 0.381. The first-order chi connectivity index (χ1) is 12.5. The monoisotopic (exact) mass is 368 g/mol. The van der Waals surface area contributed by atoms with E-state index >= 15 is 0 Å². The zero-order valence-corrected chi connectivity index (χ0v) is 16.5. The summed E-state index contributed by atoms with van der Waals surface area (Å²) in [6, 6.07) is 10.2. The summed E-state index contributed by atoms with van der Waals surface area (Å²) in [4.78, 5) is 13.3. The predicted octanol–water partition coefficient (Wildman–Crippen LogP) is 5.93. The van der Waals surface area contributed by atoms with E-state index in [1.165, 1.54) is 0 Å². The second-order valence-corrected chi connectivity index (χ2v) is 7.65. The molecule has 136 valence electrons. The Balaban J connectivity index is 1.98. The lowest BCUT2D eigenvalue weighted by molar-refractivity contribution is 0.607. The zero-order valence-electron chi connectivity index (χ0n) is 15.8. The van der Waals surface area contributed by atoms with E-state index in [2.05, 4.69) is 54.0 Å². The summed E-state index contributed by atoms with van der Waals surface area (Å²) in [5.74, 6) is 1.86. The largest absolute Gasteiger partial charge is 0.369 e. The van der Waals surface area contributed by atoms with Crippen LogP contribution < -0.4 is 5.32 Å². The van der Waals surface area contributed by atoms with E-state index in [1.807, 2.05) is 24.3 Å². The van der Waals surface area contributed by atoms with Crippen LogP contribution in [-0.4, -0.2) is 21.5 Å². The number of hydrogen-bond acceptors (Lipinski definition) is 4. The molecule has 0 aliphatic rings. The van der Waals surface area contributed by atoms with Gasteiger partial charge in [-0.15, -0.1) is 0 Å². The van der Waals surface area contributed by atoms with E-state index in [-0.39, 0.29) is 0 Å². The normalized spacial score (nSPS) is 11.5. The minimum Gasteiger partial charge on any atom is -0.369 e. The molecule has 0 spiro atoms. The maximum Gasteiger partial charge on any atom is 0.137 e. The first-order valence-corrected chi connectivity index (χ1v) is 9.49. The molecule has 0 unspecified atom stereocenters. The van der Waals surface area contributed by atoms with Gasteiger partial charge in [0.1, 0.15) is 17.3 Å². The highest BCUT2D eigenvalue weighted by Crippen LogP contribution is 2.31. The number of rotatable bonds is 6. The van der Waals surface area contributed by atoms with Crippen molar-refractivity contribution in [1.82, 2.24) is 15.0 Å². The zero-order chi connectivity index (χ0) is 18.7. The van der Waals surface area contributed by atoms with Crippen LogP contribution in [-0.2, 0) is 0 Å². The smallest absolute Gasteiger partial charge is 0.137 e. The van der Waals surface area contributed by atoms with Crippen LogP contribution in [0.2, 0.25) is 5.15 Å². The topological polar surface area (TPSA) is 50.7 Å². The molecule has 26 heavy (non-hydrogen) atoms. The number of benzene rings is 1. The lowest BCUT2D eigenvalue weighted by atomic mass is 10.0. The average molecular weight is 369 g/mol. The van der Waals surface area contributed by atoms with Gasteiger partial charge in [-0.25, -0.2) is 15.0 Å².